The number of nitriles is 1. The fraction of sp³-hybridized carbons (Fsp3) is 0.449. The maximum Gasteiger partial charge on any atom is 0.417 e. The molecule has 2 aliphatic heterocycles. The van der Waals surface area contributed by atoms with E-state index in [0.717, 1.165) is 6.39 Å². The van der Waals surface area contributed by atoms with Gasteiger partial charge >= 0.3 is 6.18 Å². The molecule has 71 heavy (non-hydrogen) atoms. The number of hydrogen-bond donors (Lipinski definition) is 3. The van der Waals surface area contributed by atoms with E-state index in [0.29, 0.717) is 78.7 Å². The molecular weight excluding hydrogens is 958 g/mol. The number of nitrogens with one attached hydrogen (secondary N) is 2. The number of β-amino-alcohol motifs (C(OH)–C–C–N with tert-alkyl or cyclic N) is 1. The first-order valence-electron chi connectivity index (χ1n) is 22.6. The molecule has 6 rings (SSSR count). The highest BCUT2D eigenvalue weighted by Crippen LogP contribution is 2.41. The maximum absolute atomic E-state index is 15.1. The molecule has 0 spiro atoms. The zero-order valence-electron chi connectivity index (χ0n) is 39.6. The number of benzene rings is 3. The number of amides is 4. The van der Waals surface area contributed by atoms with Crippen molar-refractivity contribution in [1.29, 1.82) is 5.26 Å². The first-order chi connectivity index (χ1) is 33.5. The molecule has 3 atom stereocenters. The number of carbonyl (C=O) groups excluding carboxylic acids is 4. The summed E-state index contributed by atoms with van der Waals surface area (Å²) >= 11 is 5.51. The van der Waals surface area contributed by atoms with Crippen LogP contribution in [0.4, 0.5) is 33.3 Å². The number of aliphatic hydroxyl groups excluding tert-OH is 1. The molecule has 0 saturated carbocycles. The molecular formula is C49H54F5N7O9S. The van der Waals surface area contributed by atoms with E-state index >= 15 is 4.39 Å². The van der Waals surface area contributed by atoms with E-state index in [1.54, 1.807) is 69.3 Å². The predicted molar refractivity (Wildman–Crippen MR) is 251 cm³/mol. The predicted octanol–water partition coefficient (Wildman–Crippen LogP) is 6.82. The lowest BCUT2D eigenvalue weighted by molar-refractivity contribution is -0.144. The summed E-state index contributed by atoms with van der Waals surface area (Å²) in [6.45, 7) is 9.37. The van der Waals surface area contributed by atoms with Crippen LogP contribution in [0.15, 0.2) is 71.5 Å². The van der Waals surface area contributed by atoms with E-state index in [2.05, 4.69) is 15.6 Å². The molecule has 2 saturated heterocycles. The number of likely N-dealkylation sites (tertiary alicyclic amines) is 1. The summed E-state index contributed by atoms with van der Waals surface area (Å²) in [5.74, 6) is -3.75. The lowest BCUT2D eigenvalue weighted by Gasteiger charge is -2.35. The first-order valence-corrected chi connectivity index (χ1v) is 23.1. The largest absolute Gasteiger partial charge is 0.494 e. The van der Waals surface area contributed by atoms with Crippen molar-refractivity contribution in [3.63, 3.8) is 0 Å². The van der Waals surface area contributed by atoms with Gasteiger partial charge < -0.3 is 44.2 Å². The average Bonchev–Trinajstić information content (AvgIpc) is 3.98. The first kappa shape index (κ1) is 53.8. The lowest BCUT2D eigenvalue weighted by Crippen LogP contribution is -2.58. The number of unbranched alkanes of at least 4 members (excludes halogenated alkanes) is 1. The zero-order valence-corrected chi connectivity index (χ0v) is 40.4. The Labute approximate surface area is 412 Å². The van der Waals surface area contributed by atoms with E-state index in [4.69, 9.17) is 36.1 Å². The minimum absolute atomic E-state index is 0.00751. The third-order valence-electron chi connectivity index (χ3n) is 11.8. The van der Waals surface area contributed by atoms with Crippen molar-refractivity contribution in [2.45, 2.75) is 96.7 Å². The van der Waals surface area contributed by atoms with Gasteiger partial charge in [-0.1, -0.05) is 45.0 Å². The van der Waals surface area contributed by atoms with Gasteiger partial charge in [-0.3, -0.25) is 24.1 Å². The minimum atomic E-state index is -4.98. The van der Waals surface area contributed by atoms with Crippen molar-refractivity contribution >= 4 is 52.3 Å². The number of nitrogens with zero attached hydrogens (tertiary/aromatic N) is 5. The summed E-state index contributed by atoms with van der Waals surface area (Å²) in [6, 6.07) is 13.3. The molecule has 4 amide bonds. The van der Waals surface area contributed by atoms with Gasteiger partial charge in [-0.2, -0.15) is 27.8 Å². The number of aliphatic hydroxyl groups is 1. The molecule has 0 bridgehead atoms. The van der Waals surface area contributed by atoms with Crippen molar-refractivity contribution in [2.75, 3.05) is 49.4 Å². The van der Waals surface area contributed by atoms with Crippen molar-refractivity contribution in [2.24, 2.45) is 5.41 Å². The van der Waals surface area contributed by atoms with Gasteiger partial charge in [0.05, 0.1) is 35.6 Å². The standard InChI is InChI=1S/C49H54F5N7O9S/c1-47(2,3)41(44(65)59-26-33(62)22-38(59)43(64)56-25-29-9-11-30(12-10-29)40-42(51)57-28-70-40)58-39(63)27-68-19-8-18-67-17-6-7-20-69-34-15-13-32(14-16-34)61-46(71)60(45(66)48(61,4)5)37-23-35(49(52,53)54)31(24-55)21-36(37)50/h9-16,21,23,28,33,38,41,62H,6-8,17-20,22,25-27H2,1-5H3,(H,56,64)(H,58,63)/t33-,38+,41-/m1/s1. The quantitative estimate of drug-likeness (QED) is 0.0474. The van der Waals surface area contributed by atoms with Crippen molar-refractivity contribution in [3.05, 3.63) is 95.5 Å². The van der Waals surface area contributed by atoms with Crippen molar-refractivity contribution < 1.29 is 64.9 Å². The van der Waals surface area contributed by atoms with Gasteiger partial charge in [0.1, 0.15) is 35.8 Å². The van der Waals surface area contributed by atoms with Crippen LogP contribution in [0.5, 0.6) is 5.75 Å². The molecule has 3 heterocycles. The molecule has 2 aliphatic rings. The van der Waals surface area contributed by atoms with Crippen LogP contribution < -0.4 is 25.2 Å². The fourth-order valence-electron chi connectivity index (χ4n) is 8.04. The van der Waals surface area contributed by atoms with Gasteiger partial charge in [-0.15, -0.1) is 0 Å². The van der Waals surface area contributed by atoms with Crippen molar-refractivity contribution in [1.82, 2.24) is 20.5 Å². The lowest BCUT2D eigenvalue weighted by atomic mass is 9.85. The third kappa shape index (κ3) is 12.9. The Hall–Kier alpha value is -6.54. The highest BCUT2D eigenvalue weighted by molar-refractivity contribution is 7.81. The van der Waals surface area contributed by atoms with E-state index in [1.807, 2.05) is 0 Å². The monoisotopic (exact) mass is 1010 g/mol. The van der Waals surface area contributed by atoms with Gasteiger partial charge in [-0.25, -0.2) is 4.39 Å². The molecule has 0 unspecified atom stereocenters. The zero-order chi connectivity index (χ0) is 51.8. The number of alkyl halides is 3. The van der Waals surface area contributed by atoms with Crippen LogP contribution >= 0.6 is 12.2 Å². The van der Waals surface area contributed by atoms with Crippen LogP contribution in [0.3, 0.4) is 0 Å². The second-order valence-corrected chi connectivity index (χ2v) is 18.9. The van der Waals surface area contributed by atoms with Gasteiger partial charge in [0, 0.05) is 50.6 Å². The number of anilines is 2. The Morgan fingerprint density at radius 3 is 2.28 bits per heavy atom. The van der Waals surface area contributed by atoms with Gasteiger partial charge in [0.15, 0.2) is 17.3 Å². The summed E-state index contributed by atoms with van der Waals surface area (Å²) in [5.41, 5.74) is -3.62. The Balaban J connectivity index is 0.873. The number of ether oxygens (including phenoxy) is 3. The molecule has 0 aliphatic carbocycles. The van der Waals surface area contributed by atoms with E-state index in [9.17, 15) is 41.8 Å². The normalized spacial score (nSPS) is 17.4. The average molecular weight is 1010 g/mol. The third-order valence-corrected chi connectivity index (χ3v) is 12.1. The molecule has 0 radical (unpaired) electrons. The molecule has 3 N–H and O–H groups in total. The second-order valence-electron chi connectivity index (χ2n) is 18.5. The van der Waals surface area contributed by atoms with Crippen LogP contribution in [-0.4, -0.2) is 107 Å². The smallest absolute Gasteiger partial charge is 0.417 e. The Kier molecular flexibility index (Phi) is 17.2. The number of thiocarbonyl (C=S) groups is 1. The summed E-state index contributed by atoms with van der Waals surface area (Å²) in [6.07, 6.45) is -3.11. The molecule has 3 aromatic carbocycles. The Morgan fingerprint density at radius 2 is 1.65 bits per heavy atom. The fourth-order valence-corrected chi connectivity index (χ4v) is 8.56. The SMILES string of the molecule is CC(C)(C)[C@H](NC(=O)COCCCOCCCCOc1ccc(N2C(=S)N(c3cc(C(F)(F)F)c(C#N)cc3F)C(=O)C2(C)C)cc1)C(=O)N1C[C@H](O)C[C@H]1C(=O)NCc1ccc(-c2ocnc2F)cc1. The summed E-state index contributed by atoms with van der Waals surface area (Å²) in [7, 11) is 0. The number of halogens is 5. The minimum Gasteiger partial charge on any atom is -0.494 e. The molecule has 4 aromatic rings. The number of rotatable bonds is 20. The second kappa shape index (κ2) is 22.7. The number of carbonyl (C=O) groups is 4. The molecule has 2 fully saturated rings. The number of hydrogen-bond acceptors (Lipinski definition) is 12. The number of aromatic nitrogens is 1. The number of oxazole rings is 1. The van der Waals surface area contributed by atoms with Gasteiger partial charge in [0.25, 0.3) is 11.9 Å². The Morgan fingerprint density at radius 1 is 0.986 bits per heavy atom. The van der Waals surface area contributed by atoms with Gasteiger partial charge in [-0.05, 0) is 92.7 Å². The van der Waals surface area contributed by atoms with Crippen LogP contribution in [0.1, 0.15) is 77.0 Å². The molecule has 22 heteroatoms. The van der Waals surface area contributed by atoms with Crippen LogP contribution in [0.2, 0.25) is 0 Å². The maximum atomic E-state index is 15.1. The molecule has 1 aromatic heterocycles. The highest BCUT2D eigenvalue weighted by Gasteiger charge is 2.52. The molecule has 16 nitrogen and oxygen atoms in total. The van der Waals surface area contributed by atoms with E-state index < -0.39 is 87.5 Å². The summed E-state index contributed by atoms with van der Waals surface area (Å²) in [4.78, 5) is 60.6. The topological polar surface area (TPSA) is 200 Å². The van der Waals surface area contributed by atoms with Crippen LogP contribution in [-0.2, 0) is 41.4 Å². The van der Waals surface area contributed by atoms with Gasteiger partial charge in [0.2, 0.25) is 17.7 Å². The molecule has 380 valence electrons. The Bertz CT molecular complexity index is 2620. The van der Waals surface area contributed by atoms with Crippen molar-refractivity contribution in [3.8, 4) is 23.1 Å². The summed E-state index contributed by atoms with van der Waals surface area (Å²) < 4.78 is 92.2. The van der Waals surface area contributed by atoms with E-state index in [-0.39, 0.29) is 43.6 Å². The van der Waals surface area contributed by atoms with Crippen LogP contribution in [0.25, 0.3) is 11.3 Å². The van der Waals surface area contributed by atoms with Crippen LogP contribution in [0, 0.1) is 28.5 Å². The van der Waals surface area contributed by atoms with E-state index in [1.165, 1.54) is 29.7 Å². The summed E-state index contributed by atoms with van der Waals surface area (Å²) in [5, 5.41) is 25.0. The highest BCUT2D eigenvalue weighted by atomic mass is 32.1.